The van der Waals surface area contributed by atoms with Gasteiger partial charge in [0.05, 0.1) is 6.61 Å². The molecule has 0 aromatic heterocycles. The number of rotatable bonds is 8. The highest BCUT2D eigenvalue weighted by Crippen LogP contribution is 2.18. The van der Waals surface area contributed by atoms with Crippen LogP contribution in [0.25, 0.3) is 0 Å². The number of nitrogens with one attached hydrogen (secondary N) is 1. The van der Waals surface area contributed by atoms with Crippen LogP contribution in [0.3, 0.4) is 0 Å². The minimum Gasteiger partial charge on any atom is -0.377 e. The molecule has 1 aromatic rings. The van der Waals surface area contributed by atoms with E-state index < -0.39 is 0 Å². The molecule has 1 N–H and O–H groups in total. The molecule has 0 unspecified atom stereocenters. The van der Waals surface area contributed by atoms with Gasteiger partial charge in [0, 0.05) is 17.1 Å². The highest BCUT2D eigenvalue weighted by molar-refractivity contribution is 9.10. The van der Waals surface area contributed by atoms with Crippen molar-refractivity contribution in [2.24, 2.45) is 0 Å². The van der Waals surface area contributed by atoms with E-state index in [2.05, 4.69) is 33.4 Å². The van der Waals surface area contributed by atoms with E-state index in [9.17, 15) is 0 Å². The van der Waals surface area contributed by atoms with E-state index in [1.807, 2.05) is 12.1 Å². The normalized spacial score (nSPS) is 15.1. The molecule has 2 rings (SSSR count). The predicted molar refractivity (Wildman–Crippen MR) is 74.1 cm³/mol. The summed E-state index contributed by atoms with van der Waals surface area (Å²) in [7, 11) is 0. The van der Waals surface area contributed by atoms with E-state index in [4.69, 9.17) is 4.74 Å². The van der Waals surface area contributed by atoms with Crippen molar-refractivity contribution < 1.29 is 4.74 Å². The molecule has 0 radical (unpaired) electrons. The van der Waals surface area contributed by atoms with Gasteiger partial charge in [-0.05, 0) is 43.9 Å². The van der Waals surface area contributed by atoms with Crippen LogP contribution in [0, 0.1) is 0 Å². The molecular weight excluding hydrogens is 278 g/mol. The number of benzene rings is 1. The maximum atomic E-state index is 5.67. The molecule has 0 heterocycles. The number of ether oxygens (including phenoxy) is 1. The Morgan fingerprint density at radius 1 is 1.24 bits per heavy atom. The molecule has 1 saturated carbocycles. The zero-order valence-corrected chi connectivity index (χ0v) is 11.7. The SMILES string of the molecule is Brc1ccccc1COCCCCNC1CC1. The van der Waals surface area contributed by atoms with Crippen LogP contribution in [0.2, 0.25) is 0 Å². The van der Waals surface area contributed by atoms with Crippen LogP contribution in [0.4, 0.5) is 0 Å². The van der Waals surface area contributed by atoms with Crippen LogP contribution in [0.15, 0.2) is 28.7 Å². The van der Waals surface area contributed by atoms with Crippen molar-refractivity contribution in [3.05, 3.63) is 34.3 Å². The minimum atomic E-state index is 0.706. The lowest BCUT2D eigenvalue weighted by atomic mass is 10.2. The summed E-state index contributed by atoms with van der Waals surface area (Å²) in [5, 5.41) is 3.51. The number of halogens is 1. The van der Waals surface area contributed by atoms with Crippen LogP contribution in [0.5, 0.6) is 0 Å². The summed E-state index contributed by atoms with van der Waals surface area (Å²) in [5.74, 6) is 0. The van der Waals surface area contributed by atoms with E-state index in [-0.39, 0.29) is 0 Å². The average molecular weight is 298 g/mol. The number of hydrogen-bond acceptors (Lipinski definition) is 2. The molecule has 0 spiro atoms. The summed E-state index contributed by atoms with van der Waals surface area (Å²) < 4.78 is 6.80. The van der Waals surface area contributed by atoms with Crippen LogP contribution in [-0.2, 0) is 11.3 Å². The molecular formula is C14H20BrNO. The third kappa shape index (κ3) is 5.19. The smallest absolute Gasteiger partial charge is 0.0727 e. The fourth-order valence-corrected chi connectivity index (χ4v) is 2.12. The van der Waals surface area contributed by atoms with Crippen molar-refractivity contribution in [2.75, 3.05) is 13.2 Å². The second kappa shape index (κ2) is 7.14. The summed E-state index contributed by atoms with van der Waals surface area (Å²) >= 11 is 3.52. The molecule has 17 heavy (non-hydrogen) atoms. The van der Waals surface area contributed by atoms with Crippen LogP contribution >= 0.6 is 15.9 Å². The van der Waals surface area contributed by atoms with Gasteiger partial charge in [-0.25, -0.2) is 0 Å². The van der Waals surface area contributed by atoms with Gasteiger partial charge < -0.3 is 10.1 Å². The lowest BCUT2D eigenvalue weighted by Gasteiger charge is -2.06. The molecule has 94 valence electrons. The summed E-state index contributed by atoms with van der Waals surface area (Å²) in [5.41, 5.74) is 1.23. The van der Waals surface area contributed by atoms with Gasteiger partial charge in [0.25, 0.3) is 0 Å². The van der Waals surface area contributed by atoms with Crippen molar-refractivity contribution in [3.8, 4) is 0 Å². The van der Waals surface area contributed by atoms with E-state index >= 15 is 0 Å². The van der Waals surface area contributed by atoms with Crippen molar-refractivity contribution >= 4 is 15.9 Å². The Morgan fingerprint density at radius 2 is 2.06 bits per heavy atom. The van der Waals surface area contributed by atoms with Gasteiger partial charge in [-0.1, -0.05) is 34.1 Å². The molecule has 0 amide bonds. The summed E-state index contributed by atoms with van der Waals surface area (Å²) in [6.45, 7) is 2.70. The van der Waals surface area contributed by atoms with Gasteiger partial charge in [-0.2, -0.15) is 0 Å². The highest BCUT2D eigenvalue weighted by Gasteiger charge is 2.19. The molecule has 0 aliphatic heterocycles. The summed E-state index contributed by atoms with van der Waals surface area (Å²) in [4.78, 5) is 0. The van der Waals surface area contributed by atoms with Crippen LogP contribution in [0.1, 0.15) is 31.2 Å². The predicted octanol–water partition coefficient (Wildman–Crippen LogP) is 3.50. The van der Waals surface area contributed by atoms with Crippen molar-refractivity contribution in [1.29, 1.82) is 0 Å². The summed E-state index contributed by atoms with van der Waals surface area (Å²) in [6, 6.07) is 9.05. The zero-order valence-electron chi connectivity index (χ0n) is 10.1. The molecule has 1 aliphatic rings. The van der Waals surface area contributed by atoms with Gasteiger partial charge >= 0.3 is 0 Å². The van der Waals surface area contributed by atoms with Gasteiger partial charge in [-0.3, -0.25) is 0 Å². The Bertz CT molecular complexity index is 339. The molecule has 1 aliphatic carbocycles. The maximum Gasteiger partial charge on any atom is 0.0727 e. The Morgan fingerprint density at radius 3 is 2.82 bits per heavy atom. The lowest BCUT2D eigenvalue weighted by Crippen LogP contribution is -2.17. The minimum absolute atomic E-state index is 0.706. The summed E-state index contributed by atoms with van der Waals surface area (Å²) in [6.07, 6.45) is 5.10. The second-order valence-corrected chi connectivity index (χ2v) is 5.43. The Hall–Kier alpha value is -0.380. The first-order valence-corrected chi connectivity index (χ1v) is 7.20. The zero-order chi connectivity index (χ0) is 11.9. The Labute approximate surface area is 112 Å². The second-order valence-electron chi connectivity index (χ2n) is 4.58. The topological polar surface area (TPSA) is 21.3 Å². The fourth-order valence-electron chi connectivity index (χ4n) is 1.72. The third-order valence-electron chi connectivity index (χ3n) is 2.94. The molecule has 0 atom stereocenters. The number of hydrogen-bond donors (Lipinski definition) is 1. The Balaban J connectivity index is 1.49. The number of unbranched alkanes of at least 4 members (excludes halogenated alkanes) is 1. The first-order chi connectivity index (χ1) is 8.36. The molecule has 1 fully saturated rings. The van der Waals surface area contributed by atoms with Gasteiger partial charge in [0.2, 0.25) is 0 Å². The molecule has 1 aromatic carbocycles. The van der Waals surface area contributed by atoms with E-state index in [1.165, 1.54) is 24.8 Å². The molecule has 0 saturated heterocycles. The average Bonchev–Trinajstić information content (AvgIpc) is 3.14. The first-order valence-electron chi connectivity index (χ1n) is 6.41. The lowest BCUT2D eigenvalue weighted by molar-refractivity contribution is 0.117. The molecule has 2 nitrogen and oxygen atoms in total. The van der Waals surface area contributed by atoms with E-state index in [0.29, 0.717) is 6.61 Å². The van der Waals surface area contributed by atoms with Crippen LogP contribution < -0.4 is 5.32 Å². The largest absolute Gasteiger partial charge is 0.377 e. The third-order valence-corrected chi connectivity index (χ3v) is 3.71. The van der Waals surface area contributed by atoms with E-state index in [0.717, 1.165) is 30.1 Å². The van der Waals surface area contributed by atoms with Gasteiger partial charge in [0.15, 0.2) is 0 Å². The first kappa shape index (κ1) is 13.1. The van der Waals surface area contributed by atoms with E-state index in [1.54, 1.807) is 0 Å². The quantitative estimate of drug-likeness (QED) is 0.742. The monoisotopic (exact) mass is 297 g/mol. The maximum absolute atomic E-state index is 5.67. The highest BCUT2D eigenvalue weighted by atomic mass is 79.9. The Kier molecular flexibility index (Phi) is 5.49. The fraction of sp³-hybridized carbons (Fsp3) is 0.571. The van der Waals surface area contributed by atoms with Crippen molar-refractivity contribution in [1.82, 2.24) is 5.32 Å². The van der Waals surface area contributed by atoms with Crippen molar-refractivity contribution in [2.45, 2.75) is 38.3 Å². The van der Waals surface area contributed by atoms with Crippen molar-refractivity contribution in [3.63, 3.8) is 0 Å². The molecule has 3 heteroatoms. The van der Waals surface area contributed by atoms with Crippen LogP contribution in [-0.4, -0.2) is 19.2 Å². The van der Waals surface area contributed by atoms with Gasteiger partial charge in [0.1, 0.15) is 0 Å². The van der Waals surface area contributed by atoms with Gasteiger partial charge in [-0.15, -0.1) is 0 Å². The standard InChI is InChI=1S/C14H20BrNO/c15-14-6-2-1-5-12(14)11-17-10-4-3-9-16-13-7-8-13/h1-2,5-6,13,16H,3-4,7-11H2. The molecule has 0 bridgehead atoms.